The summed E-state index contributed by atoms with van der Waals surface area (Å²) in [7, 11) is 1.95. The topological polar surface area (TPSA) is 52.0 Å². The second-order valence-electron chi connectivity index (χ2n) is 4.43. The maximum absolute atomic E-state index is 5.53. The third-order valence-corrected chi connectivity index (χ3v) is 3.39. The van der Waals surface area contributed by atoms with Gasteiger partial charge in [-0.25, -0.2) is 0 Å². The van der Waals surface area contributed by atoms with Gasteiger partial charge in [0.05, 0.1) is 19.1 Å². The van der Waals surface area contributed by atoms with E-state index in [1.165, 1.54) is 0 Å². The van der Waals surface area contributed by atoms with E-state index in [1.807, 2.05) is 29.8 Å². The number of para-hydroxylation sites is 1. The van der Waals surface area contributed by atoms with Crippen LogP contribution in [0.1, 0.15) is 11.7 Å². The highest BCUT2D eigenvalue weighted by Crippen LogP contribution is 2.25. The lowest BCUT2D eigenvalue weighted by Crippen LogP contribution is -2.32. The third-order valence-electron chi connectivity index (χ3n) is 3.39. The Kier molecular flexibility index (Phi) is 3.08. The number of hydrogen-bond donors (Lipinski definition) is 1. The van der Waals surface area contributed by atoms with Crippen molar-refractivity contribution in [2.75, 3.05) is 20.3 Å². The summed E-state index contributed by atoms with van der Waals surface area (Å²) in [5, 5.41) is 11.6. The zero-order valence-electron chi connectivity index (χ0n) is 10.3. The van der Waals surface area contributed by atoms with Gasteiger partial charge in [-0.2, -0.15) is 0 Å². The third kappa shape index (κ3) is 1.91. The molecule has 1 N–H and O–H groups in total. The molecule has 0 radical (unpaired) electrons. The van der Waals surface area contributed by atoms with E-state index in [-0.39, 0.29) is 5.92 Å². The van der Waals surface area contributed by atoms with Crippen molar-refractivity contribution in [3.8, 4) is 5.69 Å². The van der Waals surface area contributed by atoms with Crippen LogP contribution in [0.3, 0.4) is 0 Å². The van der Waals surface area contributed by atoms with Crippen molar-refractivity contribution in [1.82, 2.24) is 20.1 Å². The number of nitrogens with zero attached hydrogens (tertiary/aromatic N) is 3. The predicted molar refractivity (Wildman–Crippen MR) is 67.8 cm³/mol. The van der Waals surface area contributed by atoms with Crippen LogP contribution in [0.2, 0.25) is 0 Å². The van der Waals surface area contributed by atoms with Gasteiger partial charge in [0.1, 0.15) is 12.2 Å². The Labute approximate surface area is 106 Å². The Morgan fingerprint density at radius 2 is 2.11 bits per heavy atom. The highest BCUT2D eigenvalue weighted by molar-refractivity contribution is 5.33. The lowest BCUT2D eigenvalue weighted by Gasteiger charge is -2.17. The van der Waals surface area contributed by atoms with E-state index in [2.05, 4.69) is 27.6 Å². The molecular weight excluding hydrogens is 228 g/mol. The SMILES string of the molecule is CNC1COCC1c1nncn1-c1ccccc1. The summed E-state index contributed by atoms with van der Waals surface area (Å²) >= 11 is 0. The smallest absolute Gasteiger partial charge is 0.144 e. The fourth-order valence-corrected chi connectivity index (χ4v) is 2.38. The zero-order chi connectivity index (χ0) is 12.4. The molecule has 0 saturated carbocycles. The maximum atomic E-state index is 5.53. The first kappa shape index (κ1) is 11.4. The molecule has 2 aromatic rings. The van der Waals surface area contributed by atoms with Crippen molar-refractivity contribution in [1.29, 1.82) is 0 Å². The average Bonchev–Trinajstić information content (AvgIpc) is 3.07. The number of aromatic nitrogens is 3. The summed E-state index contributed by atoms with van der Waals surface area (Å²) in [6, 6.07) is 10.4. The molecule has 0 bridgehead atoms. The molecule has 3 rings (SSSR count). The van der Waals surface area contributed by atoms with Crippen molar-refractivity contribution in [2.45, 2.75) is 12.0 Å². The lowest BCUT2D eigenvalue weighted by molar-refractivity contribution is 0.188. The molecule has 5 heteroatoms. The molecule has 1 saturated heterocycles. The Morgan fingerprint density at radius 1 is 1.28 bits per heavy atom. The minimum atomic E-state index is 0.248. The maximum Gasteiger partial charge on any atom is 0.144 e. The highest BCUT2D eigenvalue weighted by atomic mass is 16.5. The number of hydrogen-bond acceptors (Lipinski definition) is 4. The highest BCUT2D eigenvalue weighted by Gasteiger charge is 2.32. The average molecular weight is 244 g/mol. The second-order valence-corrected chi connectivity index (χ2v) is 4.43. The van der Waals surface area contributed by atoms with Gasteiger partial charge in [0, 0.05) is 11.7 Å². The Morgan fingerprint density at radius 3 is 2.89 bits per heavy atom. The molecular formula is C13H16N4O. The first-order chi connectivity index (χ1) is 8.90. The Hall–Kier alpha value is -1.72. The quantitative estimate of drug-likeness (QED) is 0.874. The van der Waals surface area contributed by atoms with Gasteiger partial charge in [-0.05, 0) is 19.2 Å². The number of nitrogens with one attached hydrogen (secondary N) is 1. The van der Waals surface area contributed by atoms with Crippen molar-refractivity contribution in [3.63, 3.8) is 0 Å². The molecule has 0 spiro atoms. The molecule has 1 aromatic heterocycles. The van der Waals surface area contributed by atoms with Crippen molar-refractivity contribution < 1.29 is 4.74 Å². The van der Waals surface area contributed by atoms with Gasteiger partial charge in [0.2, 0.25) is 0 Å². The largest absolute Gasteiger partial charge is 0.379 e. The van der Waals surface area contributed by atoms with E-state index >= 15 is 0 Å². The Balaban J connectivity index is 1.97. The van der Waals surface area contributed by atoms with Gasteiger partial charge >= 0.3 is 0 Å². The van der Waals surface area contributed by atoms with E-state index in [0.717, 1.165) is 18.1 Å². The van der Waals surface area contributed by atoms with Gasteiger partial charge in [0.25, 0.3) is 0 Å². The normalized spacial score (nSPS) is 23.4. The summed E-state index contributed by atoms with van der Waals surface area (Å²) in [5.41, 5.74) is 1.08. The minimum absolute atomic E-state index is 0.248. The standard InChI is InChI=1S/C13H16N4O/c1-14-12-8-18-7-11(12)13-16-15-9-17(13)10-5-3-2-4-6-10/h2-6,9,11-12,14H,7-8H2,1H3. The van der Waals surface area contributed by atoms with Crippen LogP contribution in [-0.2, 0) is 4.74 Å². The molecule has 94 valence electrons. The van der Waals surface area contributed by atoms with Gasteiger partial charge in [-0.3, -0.25) is 4.57 Å². The fourth-order valence-electron chi connectivity index (χ4n) is 2.38. The van der Waals surface area contributed by atoms with Crippen molar-refractivity contribution in [3.05, 3.63) is 42.5 Å². The summed E-state index contributed by atoms with van der Waals surface area (Å²) in [4.78, 5) is 0. The van der Waals surface area contributed by atoms with Crippen LogP contribution in [0.15, 0.2) is 36.7 Å². The molecule has 18 heavy (non-hydrogen) atoms. The predicted octanol–water partition coefficient (Wildman–Crippen LogP) is 0.969. The number of benzene rings is 1. The molecule has 2 atom stereocenters. The number of rotatable bonds is 3. The minimum Gasteiger partial charge on any atom is -0.379 e. The van der Waals surface area contributed by atoms with Crippen molar-refractivity contribution >= 4 is 0 Å². The van der Waals surface area contributed by atoms with E-state index < -0.39 is 0 Å². The molecule has 1 aliphatic rings. The van der Waals surface area contributed by atoms with Crippen LogP contribution in [0.4, 0.5) is 0 Å². The first-order valence-electron chi connectivity index (χ1n) is 6.10. The molecule has 2 heterocycles. The van der Waals surface area contributed by atoms with E-state index in [4.69, 9.17) is 4.74 Å². The summed E-state index contributed by atoms with van der Waals surface area (Å²) in [6.45, 7) is 1.42. The van der Waals surface area contributed by atoms with Crippen molar-refractivity contribution in [2.24, 2.45) is 0 Å². The van der Waals surface area contributed by atoms with Gasteiger partial charge in [0.15, 0.2) is 0 Å². The first-order valence-corrected chi connectivity index (χ1v) is 6.10. The molecule has 1 aliphatic heterocycles. The van der Waals surface area contributed by atoms with Crippen LogP contribution in [0.5, 0.6) is 0 Å². The van der Waals surface area contributed by atoms with Crippen LogP contribution in [0, 0.1) is 0 Å². The fraction of sp³-hybridized carbons (Fsp3) is 0.385. The molecule has 5 nitrogen and oxygen atoms in total. The van der Waals surface area contributed by atoms with E-state index in [1.54, 1.807) is 6.33 Å². The molecule has 0 amide bonds. The van der Waals surface area contributed by atoms with Crippen LogP contribution in [0.25, 0.3) is 5.69 Å². The Bertz CT molecular complexity index is 511. The second kappa shape index (κ2) is 4.88. The summed E-state index contributed by atoms with van der Waals surface area (Å²) < 4.78 is 7.56. The number of likely N-dealkylation sites (N-methyl/N-ethyl adjacent to an activating group) is 1. The zero-order valence-corrected chi connectivity index (χ0v) is 10.3. The molecule has 2 unspecified atom stereocenters. The summed E-state index contributed by atoms with van der Waals surface area (Å²) in [5.74, 6) is 1.20. The van der Waals surface area contributed by atoms with Crippen LogP contribution >= 0.6 is 0 Å². The monoisotopic (exact) mass is 244 g/mol. The molecule has 1 fully saturated rings. The number of ether oxygens (including phenoxy) is 1. The van der Waals surface area contributed by atoms with Gasteiger partial charge in [-0.15, -0.1) is 10.2 Å². The van der Waals surface area contributed by atoms with Crippen LogP contribution in [-0.4, -0.2) is 41.1 Å². The molecule has 1 aromatic carbocycles. The molecule has 0 aliphatic carbocycles. The lowest BCUT2D eigenvalue weighted by atomic mass is 10.0. The van der Waals surface area contributed by atoms with Gasteiger partial charge < -0.3 is 10.1 Å². The van der Waals surface area contributed by atoms with Crippen LogP contribution < -0.4 is 5.32 Å². The van der Waals surface area contributed by atoms with E-state index in [9.17, 15) is 0 Å². The van der Waals surface area contributed by atoms with Gasteiger partial charge in [-0.1, -0.05) is 18.2 Å². The van der Waals surface area contributed by atoms with E-state index in [0.29, 0.717) is 12.6 Å². The summed E-state index contributed by atoms with van der Waals surface area (Å²) in [6.07, 6.45) is 1.76.